The lowest BCUT2D eigenvalue weighted by atomic mass is 9.63. The molecule has 2 atom stereocenters. The molecule has 0 bridgehead atoms. The first-order valence-electron chi connectivity index (χ1n) is 22.2. The molecule has 0 saturated carbocycles. The molecule has 0 aliphatic heterocycles. The summed E-state index contributed by atoms with van der Waals surface area (Å²) in [7, 11) is 0. The number of allylic oxidation sites excluding steroid dienone is 4. The third-order valence-electron chi connectivity index (χ3n) is 13.9. The maximum absolute atomic E-state index is 6.53. The molecule has 0 saturated heterocycles. The van der Waals surface area contributed by atoms with Crippen LogP contribution in [0.4, 0.5) is 17.1 Å². The van der Waals surface area contributed by atoms with E-state index in [1.54, 1.807) is 0 Å². The summed E-state index contributed by atoms with van der Waals surface area (Å²) >= 11 is 0. The van der Waals surface area contributed by atoms with Crippen molar-refractivity contribution in [2.24, 2.45) is 5.92 Å². The lowest BCUT2D eigenvalue weighted by Gasteiger charge is -2.39. The number of hydrogen-bond acceptors (Lipinski definition) is 2. The predicted molar refractivity (Wildman–Crippen MR) is 265 cm³/mol. The molecule has 2 unspecified atom stereocenters. The van der Waals surface area contributed by atoms with Gasteiger partial charge in [-0.3, -0.25) is 0 Å². The molecule has 0 amide bonds. The SMILES string of the molecule is C1=CC2c3ccc(N(c4ccc(-c5ccc6c(c5)c5ccccc5n6-c5ccccc5)cc4)c4ccc5c(c4)oc4ccccc45)cc3C(c3ccccc3)(c3ccccc3)C2C=C1. The Balaban J connectivity index is 0.986. The average Bonchev–Trinajstić information content (AvgIpc) is 4.01. The quantitative estimate of drug-likeness (QED) is 0.160. The fraction of sp³-hybridized carbons (Fsp3) is 0.0492. The predicted octanol–water partition coefficient (Wildman–Crippen LogP) is 16.0. The highest BCUT2D eigenvalue weighted by Gasteiger charge is 2.53. The number of para-hydroxylation sites is 3. The highest BCUT2D eigenvalue weighted by Crippen LogP contribution is 2.60. The smallest absolute Gasteiger partial charge is 0.137 e. The van der Waals surface area contributed by atoms with Gasteiger partial charge in [0.2, 0.25) is 0 Å². The number of nitrogens with zero attached hydrogens (tertiary/aromatic N) is 2. The number of rotatable bonds is 7. The van der Waals surface area contributed by atoms with Gasteiger partial charge in [0, 0.05) is 62.2 Å². The van der Waals surface area contributed by atoms with E-state index in [1.165, 1.54) is 55.2 Å². The Hall–Kier alpha value is -8.14. The van der Waals surface area contributed by atoms with Crippen molar-refractivity contribution in [3.05, 3.63) is 265 Å². The fourth-order valence-electron chi connectivity index (χ4n) is 11.2. The van der Waals surface area contributed by atoms with Gasteiger partial charge in [-0.25, -0.2) is 0 Å². The molecule has 2 aromatic heterocycles. The van der Waals surface area contributed by atoms with Gasteiger partial charge in [0.25, 0.3) is 0 Å². The molecule has 0 N–H and O–H groups in total. The lowest BCUT2D eigenvalue weighted by Crippen LogP contribution is -2.35. The van der Waals surface area contributed by atoms with E-state index in [1.807, 2.05) is 6.07 Å². The van der Waals surface area contributed by atoms with Crippen molar-refractivity contribution in [1.82, 2.24) is 4.57 Å². The Morgan fingerprint density at radius 3 is 1.80 bits per heavy atom. The normalized spacial score (nSPS) is 16.1. The van der Waals surface area contributed by atoms with Crippen LogP contribution in [-0.4, -0.2) is 4.57 Å². The summed E-state index contributed by atoms with van der Waals surface area (Å²) < 4.78 is 8.90. The van der Waals surface area contributed by atoms with Crippen molar-refractivity contribution in [3.8, 4) is 16.8 Å². The molecule has 302 valence electrons. The van der Waals surface area contributed by atoms with Crippen LogP contribution in [0.25, 0.3) is 60.6 Å². The molecule has 2 heterocycles. The second kappa shape index (κ2) is 14.5. The maximum atomic E-state index is 6.53. The molecule has 64 heavy (non-hydrogen) atoms. The Bertz CT molecular complexity index is 3580. The molecule has 11 aromatic rings. The first kappa shape index (κ1) is 36.5. The summed E-state index contributed by atoms with van der Waals surface area (Å²) in [6.07, 6.45) is 9.30. The Morgan fingerprint density at radius 2 is 1.02 bits per heavy atom. The Labute approximate surface area is 372 Å². The van der Waals surface area contributed by atoms with Crippen molar-refractivity contribution in [1.29, 1.82) is 0 Å². The average molecular weight is 819 g/mol. The third kappa shape index (κ3) is 5.47. The zero-order valence-electron chi connectivity index (χ0n) is 35.1. The summed E-state index contributed by atoms with van der Waals surface area (Å²) in [6, 6.07) is 79.8. The van der Waals surface area contributed by atoms with Gasteiger partial charge in [0.1, 0.15) is 11.2 Å². The van der Waals surface area contributed by atoms with E-state index in [2.05, 4.69) is 246 Å². The van der Waals surface area contributed by atoms with Gasteiger partial charge in [0.15, 0.2) is 0 Å². The second-order valence-electron chi connectivity index (χ2n) is 17.2. The first-order chi connectivity index (χ1) is 31.7. The van der Waals surface area contributed by atoms with E-state index in [4.69, 9.17) is 4.42 Å². The van der Waals surface area contributed by atoms with Crippen LogP contribution in [0.5, 0.6) is 0 Å². The highest BCUT2D eigenvalue weighted by atomic mass is 16.3. The van der Waals surface area contributed by atoms with Crippen molar-refractivity contribution >= 4 is 60.8 Å². The Morgan fingerprint density at radius 1 is 0.422 bits per heavy atom. The summed E-state index contributed by atoms with van der Waals surface area (Å²) in [4.78, 5) is 2.40. The molecular weight excluding hydrogens is 777 g/mol. The van der Waals surface area contributed by atoms with Crippen molar-refractivity contribution < 1.29 is 4.42 Å². The van der Waals surface area contributed by atoms with Crippen LogP contribution in [0, 0.1) is 5.92 Å². The number of fused-ring (bicyclic) bond motifs is 9. The van der Waals surface area contributed by atoms with Crippen molar-refractivity contribution in [2.45, 2.75) is 11.3 Å². The van der Waals surface area contributed by atoms with Crippen LogP contribution in [0.15, 0.2) is 247 Å². The summed E-state index contributed by atoms with van der Waals surface area (Å²) in [5.74, 6) is 0.458. The van der Waals surface area contributed by atoms with E-state index in [-0.39, 0.29) is 11.8 Å². The van der Waals surface area contributed by atoms with Gasteiger partial charge in [-0.15, -0.1) is 0 Å². The minimum Gasteiger partial charge on any atom is -0.456 e. The summed E-state index contributed by atoms with van der Waals surface area (Å²) in [5.41, 5.74) is 15.8. The number of furan rings is 1. The van der Waals surface area contributed by atoms with Gasteiger partial charge < -0.3 is 13.9 Å². The number of benzene rings is 9. The number of anilines is 3. The summed E-state index contributed by atoms with van der Waals surface area (Å²) in [5, 5.41) is 4.73. The van der Waals surface area contributed by atoms with E-state index < -0.39 is 5.41 Å². The monoisotopic (exact) mass is 818 g/mol. The van der Waals surface area contributed by atoms with Crippen LogP contribution in [-0.2, 0) is 5.41 Å². The molecule has 9 aromatic carbocycles. The Kier molecular flexibility index (Phi) is 8.26. The van der Waals surface area contributed by atoms with Gasteiger partial charge in [0.05, 0.1) is 16.4 Å². The molecule has 13 rings (SSSR count). The van der Waals surface area contributed by atoms with Crippen molar-refractivity contribution in [3.63, 3.8) is 0 Å². The fourth-order valence-corrected chi connectivity index (χ4v) is 11.2. The molecule has 2 aliphatic rings. The number of hydrogen-bond donors (Lipinski definition) is 0. The molecule has 3 heteroatoms. The van der Waals surface area contributed by atoms with Gasteiger partial charge in [-0.2, -0.15) is 0 Å². The standard InChI is InChI=1S/C61H42N2O/c1-4-16-43(17-5-1)61(44-18-6-2-7-19-44)55-25-13-10-22-49(55)50-35-33-47(39-56(50)61)62(48-34-36-53-52-24-12-15-27-59(52)64-60(53)40-48)46-31-28-41(29-32-46)42-30-37-58-54(38-42)51-23-11-14-26-57(51)63(58)45-20-8-3-9-21-45/h1-40,49,55H. The second-order valence-corrected chi connectivity index (χ2v) is 17.2. The van der Waals surface area contributed by atoms with Crippen LogP contribution in [0.3, 0.4) is 0 Å². The topological polar surface area (TPSA) is 21.3 Å². The van der Waals surface area contributed by atoms with Gasteiger partial charge in [-0.05, 0) is 106 Å². The summed E-state index contributed by atoms with van der Waals surface area (Å²) in [6.45, 7) is 0. The molecule has 0 spiro atoms. The van der Waals surface area contributed by atoms with Crippen LogP contribution < -0.4 is 4.90 Å². The van der Waals surface area contributed by atoms with E-state index in [9.17, 15) is 0 Å². The highest BCUT2D eigenvalue weighted by molar-refractivity contribution is 6.10. The first-order valence-corrected chi connectivity index (χ1v) is 22.2. The molecule has 3 nitrogen and oxygen atoms in total. The zero-order valence-corrected chi connectivity index (χ0v) is 35.1. The van der Waals surface area contributed by atoms with E-state index in [0.717, 1.165) is 44.7 Å². The van der Waals surface area contributed by atoms with E-state index >= 15 is 0 Å². The van der Waals surface area contributed by atoms with Gasteiger partial charge >= 0.3 is 0 Å². The number of aromatic nitrogens is 1. The molecular formula is C61H42N2O. The third-order valence-corrected chi connectivity index (χ3v) is 13.9. The largest absolute Gasteiger partial charge is 0.456 e. The molecule has 2 aliphatic carbocycles. The van der Waals surface area contributed by atoms with Crippen LogP contribution in [0.2, 0.25) is 0 Å². The lowest BCUT2D eigenvalue weighted by molar-refractivity contribution is 0.457. The zero-order chi connectivity index (χ0) is 42.2. The van der Waals surface area contributed by atoms with Gasteiger partial charge in [-0.1, -0.05) is 164 Å². The minimum atomic E-state index is -0.402. The molecule has 0 fully saturated rings. The van der Waals surface area contributed by atoms with E-state index in [0.29, 0.717) is 0 Å². The molecule has 0 radical (unpaired) electrons. The van der Waals surface area contributed by atoms with Crippen LogP contribution in [0.1, 0.15) is 28.2 Å². The minimum absolute atomic E-state index is 0.214. The van der Waals surface area contributed by atoms with Crippen LogP contribution >= 0.6 is 0 Å². The van der Waals surface area contributed by atoms with Crippen molar-refractivity contribution in [2.75, 3.05) is 4.90 Å². The maximum Gasteiger partial charge on any atom is 0.137 e.